The molecule has 0 bridgehead atoms. The average Bonchev–Trinajstić information content (AvgIpc) is 2.42. The van der Waals surface area contributed by atoms with E-state index in [-0.39, 0.29) is 16.6 Å². The van der Waals surface area contributed by atoms with E-state index >= 15 is 0 Å². The van der Waals surface area contributed by atoms with Crippen molar-refractivity contribution in [3.05, 3.63) is 44.5 Å². The quantitative estimate of drug-likeness (QED) is 0.580. The highest BCUT2D eigenvalue weighted by Gasteiger charge is 2.17. The number of fused-ring (bicyclic) bond motifs is 1. The topological polar surface area (TPSA) is 118 Å². The molecule has 0 saturated carbocycles. The minimum atomic E-state index is -1.28. The zero-order valence-electron chi connectivity index (χ0n) is 10.4. The molecule has 1 aromatic heterocycles. The number of nitrogens with zero attached hydrogens (tertiary/aromatic N) is 1. The molecule has 0 aliphatic heterocycles. The Labute approximate surface area is 111 Å². The number of esters is 1. The fraction of sp³-hybridized carbons (Fsp3) is 0.167. The number of carboxylic acid groups (broad SMARTS) is 1. The van der Waals surface area contributed by atoms with Crippen LogP contribution in [0.1, 0.15) is 10.4 Å². The van der Waals surface area contributed by atoms with Crippen LogP contribution in [0.5, 0.6) is 0 Å². The predicted octanol–water partition coefficient (Wildman–Crippen LogP) is -0.439. The van der Waals surface area contributed by atoms with Crippen LogP contribution >= 0.6 is 0 Å². The first-order valence-corrected chi connectivity index (χ1v) is 5.51. The number of carbonyl (C=O) groups excluding carboxylic acids is 1. The summed E-state index contributed by atoms with van der Waals surface area (Å²) in [7, 11) is 1.13. The number of aromatic nitrogens is 2. The number of para-hydroxylation sites is 1. The molecule has 20 heavy (non-hydrogen) atoms. The molecule has 8 nitrogen and oxygen atoms in total. The summed E-state index contributed by atoms with van der Waals surface area (Å²) in [5, 5.41) is 9.14. The second-order valence-electron chi connectivity index (χ2n) is 3.93. The Hall–Kier alpha value is -2.90. The Morgan fingerprint density at radius 3 is 2.65 bits per heavy atom. The third-order valence-electron chi connectivity index (χ3n) is 2.74. The SMILES string of the molecule is COC(=O)Cn1c(=O)c(=O)[nH]c2cccc(C(=O)O)c21. The number of aromatic carboxylic acids is 1. The third-order valence-corrected chi connectivity index (χ3v) is 2.74. The molecule has 0 fully saturated rings. The van der Waals surface area contributed by atoms with E-state index in [1.54, 1.807) is 0 Å². The number of hydrogen-bond acceptors (Lipinski definition) is 5. The van der Waals surface area contributed by atoms with Crippen molar-refractivity contribution < 1.29 is 19.4 Å². The molecule has 0 spiro atoms. The number of ether oxygens (including phenoxy) is 1. The van der Waals surface area contributed by atoms with Gasteiger partial charge in [-0.3, -0.25) is 19.0 Å². The standard InChI is InChI=1S/C12H10N2O6/c1-20-8(15)5-14-9-6(12(18)19)3-2-4-7(9)13-10(16)11(14)17/h2-4H,5H2,1H3,(H,13,16)(H,18,19). The lowest BCUT2D eigenvalue weighted by atomic mass is 10.1. The Balaban J connectivity index is 2.91. The van der Waals surface area contributed by atoms with Gasteiger partial charge in [0.25, 0.3) is 0 Å². The maximum atomic E-state index is 11.8. The van der Waals surface area contributed by atoms with E-state index in [4.69, 9.17) is 5.11 Å². The molecule has 1 aromatic carbocycles. The van der Waals surface area contributed by atoms with E-state index in [1.165, 1.54) is 18.2 Å². The highest BCUT2D eigenvalue weighted by atomic mass is 16.5. The predicted molar refractivity (Wildman–Crippen MR) is 67.8 cm³/mol. The van der Waals surface area contributed by atoms with Crippen molar-refractivity contribution in [1.29, 1.82) is 0 Å². The van der Waals surface area contributed by atoms with Gasteiger partial charge in [-0.15, -0.1) is 0 Å². The van der Waals surface area contributed by atoms with Crippen LogP contribution in [-0.2, 0) is 16.1 Å². The number of hydrogen-bond donors (Lipinski definition) is 2. The molecule has 0 saturated heterocycles. The Bertz CT molecular complexity index is 817. The lowest BCUT2D eigenvalue weighted by Gasteiger charge is -2.10. The van der Waals surface area contributed by atoms with Crippen LogP contribution in [0.2, 0.25) is 0 Å². The summed E-state index contributed by atoms with van der Waals surface area (Å²) >= 11 is 0. The van der Waals surface area contributed by atoms with E-state index in [0.717, 1.165) is 11.7 Å². The average molecular weight is 278 g/mol. The van der Waals surface area contributed by atoms with Crippen LogP contribution in [0.25, 0.3) is 11.0 Å². The molecule has 0 unspecified atom stereocenters. The monoisotopic (exact) mass is 278 g/mol. The molecule has 2 N–H and O–H groups in total. The second kappa shape index (κ2) is 5.00. The van der Waals surface area contributed by atoms with E-state index in [2.05, 4.69) is 9.72 Å². The van der Waals surface area contributed by atoms with E-state index in [0.29, 0.717) is 0 Å². The summed E-state index contributed by atoms with van der Waals surface area (Å²) in [6, 6.07) is 4.14. The van der Waals surface area contributed by atoms with Crippen LogP contribution in [-0.4, -0.2) is 33.7 Å². The van der Waals surface area contributed by atoms with Gasteiger partial charge in [0.05, 0.1) is 23.7 Å². The van der Waals surface area contributed by atoms with Gasteiger partial charge in [0.2, 0.25) is 0 Å². The van der Waals surface area contributed by atoms with Crippen molar-refractivity contribution in [3.8, 4) is 0 Å². The van der Waals surface area contributed by atoms with Crippen LogP contribution < -0.4 is 11.1 Å². The summed E-state index contributed by atoms with van der Waals surface area (Å²) in [5.74, 6) is -2.04. The van der Waals surface area contributed by atoms with Crippen LogP contribution in [0, 0.1) is 0 Å². The summed E-state index contributed by atoms with van der Waals surface area (Å²) < 4.78 is 5.24. The Kier molecular flexibility index (Phi) is 3.38. The van der Waals surface area contributed by atoms with E-state index in [9.17, 15) is 19.2 Å². The van der Waals surface area contributed by atoms with Gasteiger partial charge >= 0.3 is 23.1 Å². The molecule has 0 aliphatic carbocycles. The number of aromatic amines is 1. The van der Waals surface area contributed by atoms with Crippen LogP contribution in [0.3, 0.4) is 0 Å². The largest absolute Gasteiger partial charge is 0.478 e. The van der Waals surface area contributed by atoms with Gasteiger partial charge in [-0.05, 0) is 12.1 Å². The highest BCUT2D eigenvalue weighted by Crippen LogP contribution is 2.14. The smallest absolute Gasteiger partial charge is 0.337 e. The summed E-state index contributed by atoms with van der Waals surface area (Å²) in [6.45, 7) is -0.542. The fourth-order valence-electron chi connectivity index (χ4n) is 1.85. The van der Waals surface area contributed by atoms with Gasteiger partial charge in [0, 0.05) is 0 Å². The molecule has 104 valence electrons. The minimum Gasteiger partial charge on any atom is -0.478 e. The first kappa shape index (κ1) is 13.5. The van der Waals surface area contributed by atoms with E-state index < -0.39 is 29.6 Å². The van der Waals surface area contributed by atoms with Gasteiger partial charge in [0.1, 0.15) is 6.54 Å². The maximum absolute atomic E-state index is 11.8. The zero-order chi connectivity index (χ0) is 14.9. The van der Waals surface area contributed by atoms with Crippen molar-refractivity contribution in [3.63, 3.8) is 0 Å². The molecule has 0 amide bonds. The minimum absolute atomic E-state index is 0.0324. The summed E-state index contributed by atoms with van der Waals surface area (Å²) in [4.78, 5) is 48.1. The van der Waals surface area contributed by atoms with Crippen LogP contribution in [0.4, 0.5) is 0 Å². The van der Waals surface area contributed by atoms with Crippen molar-refractivity contribution >= 4 is 23.0 Å². The van der Waals surface area contributed by atoms with Crippen LogP contribution in [0.15, 0.2) is 27.8 Å². The Morgan fingerprint density at radius 2 is 2.05 bits per heavy atom. The number of carboxylic acids is 1. The van der Waals surface area contributed by atoms with Crippen molar-refractivity contribution in [1.82, 2.24) is 9.55 Å². The molecule has 0 aliphatic rings. The van der Waals surface area contributed by atoms with E-state index in [1.807, 2.05) is 0 Å². The van der Waals surface area contributed by atoms with Gasteiger partial charge in [0.15, 0.2) is 0 Å². The van der Waals surface area contributed by atoms with Crippen molar-refractivity contribution in [2.24, 2.45) is 0 Å². The highest BCUT2D eigenvalue weighted by molar-refractivity contribution is 6.01. The number of methoxy groups -OCH3 is 1. The van der Waals surface area contributed by atoms with Gasteiger partial charge in [-0.2, -0.15) is 0 Å². The second-order valence-corrected chi connectivity index (χ2v) is 3.93. The number of nitrogens with one attached hydrogen (secondary N) is 1. The summed E-state index contributed by atoms with van der Waals surface area (Å²) in [6.07, 6.45) is 0. The first-order valence-electron chi connectivity index (χ1n) is 5.51. The lowest BCUT2D eigenvalue weighted by Crippen LogP contribution is -2.38. The normalized spacial score (nSPS) is 10.4. The first-order chi connectivity index (χ1) is 9.45. The molecule has 0 radical (unpaired) electrons. The molecule has 0 atom stereocenters. The van der Waals surface area contributed by atoms with Gasteiger partial charge in [-0.1, -0.05) is 6.07 Å². The third kappa shape index (κ3) is 2.18. The molecule has 2 aromatic rings. The maximum Gasteiger partial charge on any atom is 0.337 e. The van der Waals surface area contributed by atoms with Gasteiger partial charge < -0.3 is 14.8 Å². The number of carbonyl (C=O) groups is 2. The number of benzene rings is 1. The molecular formula is C12H10N2O6. The van der Waals surface area contributed by atoms with Crippen molar-refractivity contribution in [2.45, 2.75) is 6.54 Å². The zero-order valence-corrected chi connectivity index (χ0v) is 10.4. The van der Waals surface area contributed by atoms with Gasteiger partial charge in [-0.25, -0.2) is 4.79 Å². The molecule has 1 heterocycles. The van der Waals surface area contributed by atoms with Crippen molar-refractivity contribution in [2.75, 3.05) is 7.11 Å². The summed E-state index contributed by atoms with van der Waals surface area (Å²) in [5.41, 5.74) is -2.03. The fourth-order valence-corrected chi connectivity index (χ4v) is 1.85. The number of rotatable bonds is 3. The number of H-pyrrole nitrogens is 1. The lowest BCUT2D eigenvalue weighted by molar-refractivity contribution is -0.141. The Morgan fingerprint density at radius 1 is 1.35 bits per heavy atom. The molecule has 8 heteroatoms. The molecular weight excluding hydrogens is 268 g/mol. The molecule has 2 rings (SSSR count).